The van der Waals surface area contributed by atoms with Crippen LogP contribution in [0.4, 0.5) is 10.1 Å². The molecule has 1 heterocycles. The van der Waals surface area contributed by atoms with Gasteiger partial charge in [-0.3, -0.25) is 0 Å². The third-order valence-corrected chi connectivity index (χ3v) is 3.24. The lowest BCUT2D eigenvalue weighted by molar-refractivity contribution is 0.455. The van der Waals surface area contributed by atoms with E-state index < -0.39 is 5.82 Å². The van der Waals surface area contributed by atoms with Crippen LogP contribution in [0.2, 0.25) is 0 Å². The highest BCUT2D eigenvalue weighted by molar-refractivity contribution is 14.1. The fraction of sp³-hybridized carbons (Fsp3) is 0. The van der Waals surface area contributed by atoms with Gasteiger partial charge < -0.3 is 10.5 Å². The first-order chi connectivity index (χ1) is 8.08. The van der Waals surface area contributed by atoms with Gasteiger partial charge in [0.05, 0.1) is 13.7 Å². The first-order valence-electron chi connectivity index (χ1n) is 4.46. The molecule has 1 aromatic carbocycles. The van der Waals surface area contributed by atoms with E-state index in [1.165, 1.54) is 18.5 Å². The topological polar surface area (TPSA) is 61.0 Å². The maximum absolute atomic E-state index is 13.3. The molecule has 2 aromatic rings. The Morgan fingerprint density at radius 2 is 2.18 bits per heavy atom. The number of nitrogens with zero attached hydrogens (tertiary/aromatic N) is 2. The third-order valence-electron chi connectivity index (χ3n) is 1.89. The molecule has 0 bridgehead atoms. The molecule has 0 radical (unpaired) electrons. The molecule has 7 heteroatoms. The van der Waals surface area contributed by atoms with Crippen LogP contribution in [-0.2, 0) is 0 Å². The van der Waals surface area contributed by atoms with Crippen molar-refractivity contribution in [2.24, 2.45) is 0 Å². The number of rotatable bonds is 2. The van der Waals surface area contributed by atoms with Crippen molar-refractivity contribution in [1.82, 2.24) is 9.97 Å². The minimum atomic E-state index is -0.446. The molecule has 0 spiro atoms. The predicted octanol–water partition coefficient (Wildman–Crippen LogP) is 3.36. The highest BCUT2D eigenvalue weighted by atomic mass is 127. The summed E-state index contributed by atoms with van der Waals surface area (Å²) in [5.41, 5.74) is 6.05. The van der Waals surface area contributed by atoms with Gasteiger partial charge in [0.2, 0.25) is 5.88 Å². The molecule has 2 rings (SSSR count). The summed E-state index contributed by atoms with van der Waals surface area (Å²) >= 11 is 5.06. The number of ether oxygens (including phenoxy) is 1. The smallest absolute Gasteiger partial charge is 0.235 e. The zero-order valence-corrected chi connectivity index (χ0v) is 12.1. The van der Waals surface area contributed by atoms with Crippen molar-refractivity contribution in [2.75, 3.05) is 5.73 Å². The first kappa shape index (κ1) is 12.5. The van der Waals surface area contributed by atoms with E-state index >= 15 is 0 Å². The summed E-state index contributed by atoms with van der Waals surface area (Å²) in [5.74, 6) is 0.120. The van der Waals surface area contributed by atoms with Crippen molar-refractivity contribution < 1.29 is 9.13 Å². The van der Waals surface area contributed by atoms with Gasteiger partial charge in [-0.25, -0.2) is 14.4 Å². The van der Waals surface area contributed by atoms with Crippen LogP contribution in [0.3, 0.4) is 0 Å². The van der Waals surface area contributed by atoms with Crippen molar-refractivity contribution in [2.45, 2.75) is 0 Å². The van der Waals surface area contributed by atoms with E-state index in [0.29, 0.717) is 19.6 Å². The highest BCUT2D eigenvalue weighted by Gasteiger charge is 2.10. The third kappa shape index (κ3) is 2.83. The summed E-state index contributed by atoms with van der Waals surface area (Å²) in [7, 11) is 0. The Bertz CT molecular complexity index is 567. The highest BCUT2D eigenvalue weighted by Crippen LogP contribution is 2.32. The quantitative estimate of drug-likeness (QED) is 0.610. The lowest BCUT2D eigenvalue weighted by Crippen LogP contribution is -1.97. The van der Waals surface area contributed by atoms with E-state index in [0.717, 1.165) is 0 Å². The molecule has 4 nitrogen and oxygen atoms in total. The molecule has 0 unspecified atom stereocenters. The van der Waals surface area contributed by atoms with E-state index in [9.17, 15) is 4.39 Å². The fourth-order valence-corrected chi connectivity index (χ4v) is 1.88. The first-order valence-corrected chi connectivity index (χ1v) is 6.33. The van der Waals surface area contributed by atoms with Crippen LogP contribution in [0.15, 0.2) is 29.1 Å². The van der Waals surface area contributed by atoms with Gasteiger partial charge in [-0.2, -0.15) is 0 Å². The van der Waals surface area contributed by atoms with Crippen LogP contribution in [0, 0.1) is 9.39 Å². The van der Waals surface area contributed by atoms with E-state index in [1.807, 2.05) is 22.6 Å². The Morgan fingerprint density at radius 1 is 1.41 bits per heavy atom. The van der Waals surface area contributed by atoms with Gasteiger partial charge in [0.15, 0.2) is 5.75 Å². The molecule has 2 N–H and O–H groups in total. The molecule has 0 aliphatic rings. The molecule has 0 aliphatic carbocycles. The summed E-state index contributed by atoms with van der Waals surface area (Å²) in [4.78, 5) is 7.77. The predicted molar refractivity (Wildman–Crippen MR) is 73.3 cm³/mol. The average molecular weight is 410 g/mol. The zero-order valence-electron chi connectivity index (χ0n) is 8.32. The SMILES string of the molecule is Nc1cc(Br)c(F)cc1Oc1ncncc1I. The summed E-state index contributed by atoms with van der Waals surface area (Å²) in [6.07, 6.45) is 2.94. The van der Waals surface area contributed by atoms with E-state index in [-0.39, 0.29) is 5.75 Å². The molecule has 88 valence electrons. The monoisotopic (exact) mass is 409 g/mol. The van der Waals surface area contributed by atoms with Crippen LogP contribution in [0.1, 0.15) is 0 Å². The van der Waals surface area contributed by atoms with Gasteiger partial charge in [0.25, 0.3) is 0 Å². The van der Waals surface area contributed by atoms with Crippen molar-refractivity contribution in [1.29, 1.82) is 0 Å². The lowest BCUT2D eigenvalue weighted by Gasteiger charge is -2.09. The standard InChI is InChI=1S/C10H6BrFIN3O/c11-5-1-8(14)9(2-6(5)12)17-10-7(13)3-15-4-16-10/h1-4H,14H2. The van der Waals surface area contributed by atoms with Gasteiger partial charge in [0.1, 0.15) is 12.1 Å². The van der Waals surface area contributed by atoms with Crippen LogP contribution in [-0.4, -0.2) is 9.97 Å². The molecular formula is C10H6BrFIN3O. The minimum Gasteiger partial charge on any atom is -0.436 e. The molecule has 0 saturated carbocycles. The molecule has 0 amide bonds. The Morgan fingerprint density at radius 3 is 2.88 bits per heavy atom. The van der Waals surface area contributed by atoms with E-state index in [2.05, 4.69) is 25.9 Å². The molecule has 0 fully saturated rings. The maximum Gasteiger partial charge on any atom is 0.235 e. The number of halogens is 3. The van der Waals surface area contributed by atoms with Crippen LogP contribution < -0.4 is 10.5 Å². The molecule has 0 saturated heterocycles. The minimum absolute atomic E-state index is 0.224. The van der Waals surface area contributed by atoms with Crippen LogP contribution >= 0.6 is 38.5 Å². The largest absolute Gasteiger partial charge is 0.436 e. The Balaban J connectivity index is 2.37. The molecule has 17 heavy (non-hydrogen) atoms. The van der Waals surface area contributed by atoms with Crippen molar-refractivity contribution >= 4 is 44.2 Å². The second kappa shape index (κ2) is 5.13. The van der Waals surface area contributed by atoms with Gasteiger partial charge in [-0.1, -0.05) is 0 Å². The van der Waals surface area contributed by atoms with Gasteiger partial charge in [-0.05, 0) is 44.6 Å². The van der Waals surface area contributed by atoms with Crippen LogP contribution in [0.25, 0.3) is 0 Å². The van der Waals surface area contributed by atoms with Gasteiger partial charge >= 0.3 is 0 Å². The van der Waals surface area contributed by atoms with Crippen LogP contribution in [0.5, 0.6) is 11.6 Å². The van der Waals surface area contributed by atoms with Crippen molar-refractivity contribution in [3.8, 4) is 11.6 Å². The van der Waals surface area contributed by atoms with E-state index in [1.54, 1.807) is 6.20 Å². The van der Waals surface area contributed by atoms with Gasteiger partial charge in [-0.15, -0.1) is 0 Å². The van der Waals surface area contributed by atoms with E-state index in [4.69, 9.17) is 10.5 Å². The summed E-state index contributed by atoms with van der Waals surface area (Å²) in [6.45, 7) is 0. The molecule has 0 aliphatic heterocycles. The maximum atomic E-state index is 13.3. The number of anilines is 1. The average Bonchev–Trinajstić information content (AvgIpc) is 2.29. The number of nitrogens with two attached hydrogens (primary N) is 1. The second-order valence-corrected chi connectivity index (χ2v) is 5.10. The Kier molecular flexibility index (Phi) is 3.77. The molecule has 1 aromatic heterocycles. The Hall–Kier alpha value is -0.960. The molecule has 0 atom stereocenters. The summed E-state index contributed by atoms with van der Waals surface area (Å²) < 4.78 is 19.8. The molecular weight excluding hydrogens is 404 g/mol. The summed E-state index contributed by atoms with van der Waals surface area (Å²) in [5, 5.41) is 0. The number of hydrogen-bond donors (Lipinski definition) is 1. The second-order valence-electron chi connectivity index (χ2n) is 3.08. The fourth-order valence-electron chi connectivity index (χ4n) is 1.11. The number of hydrogen-bond acceptors (Lipinski definition) is 4. The summed E-state index contributed by atoms with van der Waals surface area (Å²) in [6, 6.07) is 2.65. The zero-order chi connectivity index (χ0) is 12.4. The van der Waals surface area contributed by atoms with Crippen molar-refractivity contribution in [3.63, 3.8) is 0 Å². The number of aromatic nitrogens is 2. The Labute approximate surface area is 119 Å². The number of nitrogen functional groups attached to an aromatic ring is 1. The van der Waals surface area contributed by atoms with Crippen molar-refractivity contribution in [3.05, 3.63) is 38.5 Å². The van der Waals surface area contributed by atoms with Gasteiger partial charge in [0, 0.05) is 12.3 Å². The normalized spacial score (nSPS) is 10.3. The lowest BCUT2D eigenvalue weighted by atomic mass is 10.3. The number of benzene rings is 1.